The van der Waals surface area contributed by atoms with Gasteiger partial charge in [0, 0.05) is 32.0 Å². The molecule has 0 spiro atoms. The van der Waals surface area contributed by atoms with Gasteiger partial charge in [-0.05, 0) is 32.9 Å². The van der Waals surface area contributed by atoms with Crippen molar-refractivity contribution in [1.29, 1.82) is 0 Å². The summed E-state index contributed by atoms with van der Waals surface area (Å²) in [6.07, 6.45) is -0.0647. The third kappa shape index (κ3) is 6.39. The Kier molecular flexibility index (Phi) is 8.79. The molecule has 0 saturated carbocycles. The molecule has 29 heavy (non-hydrogen) atoms. The number of aromatic nitrogens is 2. The van der Waals surface area contributed by atoms with Crippen LogP contribution in [-0.2, 0) is 17.8 Å². The second-order valence-corrected chi connectivity index (χ2v) is 6.75. The molecule has 0 aliphatic rings. The highest BCUT2D eigenvalue weighted by molar-refractivity contribution is 5.79. The van der Waals surface area contributed by atoms with Crippen molar-refractivity contribution in [3.8, 4) is 11.5 Å². The van der Waals surface area contributed by atoms with E-state index >= 15 is 0 Å². The second-order valence-electron chi connectivity index (χ2n) is 6.75. The number of benzene rings is 1. The Hall–Kier alpha value is -2.74. The average molecular weight is 404 g/mol. The lowest BCUT2D eigenvalue weighted by Crippen LogP contribution is -2.41. The average Bonchev–Trinajstić information content (AvgIpc) is 2.99. The third-order valence-electron chi connectivity index (χ3n) is 4.65. The Morgan fingerprint density at radius 3 is 2.55 bits per heavy atom. The quantitative estimate of drug-likeness (QED) is 0.468. The van der Waals surface area contributed by atoms with E-state index in [1.807, 2.05) is 42.8 Å². The largest absolute Gasteiger partial charge is 0.493 e. The SMILES string of the molecule is CN=C(NCc1c(C)nn(CCOC)c1C)NCC(C)Oc1ccccc1OC. The van der Waals surface area contributed by atoms with Crippen LogP contribution in [0.3, 0.4) is 0 Å². The topological polar surface area (TPSA) is 81.9 Å². The summed E-state index contributed by atoms with van der Waals surface area (Å²) >= 11 is 0. The van der Waals surface area contributed by atoms with Gasteiger partial charge in [-0.1, -0.05) is 12.1 Å². The van der Waals surface area contributed by atoms with Crippen molar-refractivity contribution in [2.75, 3.05) is 34.4 Å². The van der Waals surface area contributed by atoms with E-state index in [1.54, 1.807) is 21.3 Å². The zero-order valence-corrected chi connectivity index (χ0v) is 18.3. The second kappa shape index (κ2) is 11.3. The van der Waals surface area contributed by atoms with E-state index in [0.717, 1.165) is 29.4 Å². The molecule has 0 aliphatic heterocycles. The zero-order chi connectivity index (χ0) is 21.2. The normalized spacial score (nSPS) is 12.6. The standard InChI is InChI=1S/C21H33N5O3/c1-15(29-20-10-8-7-9-19(20)28-6)13-23-21(22-4)24-14-18-16(2)25-26(17(18)3)11-12-27-5/h7-10,15H,11-14H2,1-6H3,(H2,22,23,24). The summed E-state index contributed by atoms with van der Waals surface area (Å²) < 4.78 is 18.4. The number of nitrogens with one attached hydrogen (secondary N) is 2. The fourth-order valence-corrected chi connectivity index (χ4v) is 2.99. The highest BCUT2D eigenvalue weighted by atomic mass is 16.5. The molecule has 2 rings (SSSR count). The smallest absolute Gasteiger partial charge is 0.191 e. The van der Waals surface area contributed by atoms with E-state index in [1.165, 1.54) is 5.56 Å². The number of guanidine groups is 1. The molecule has 1 atom stereocenters. The molecule has 0 bridgehead atoms. The molecule has 1 heterocycles. The van der Waals surface area contributed by atoms with Crippen LogP contribution in [0.4, 0.5) is 0 Å². The van der Waals surface area contributed by atoms with Crippen LogP contribution in [0, 0.1) is 13.8 Å². The van der Waals surface area contributed by atoms with Gasteiger partial charge in [-0.2, -0.15) is 5.10 Å². The van der Waals surface area contributed by atoms with Crippen LogP contribution in [0.2, 0.25) is 0 Å². The Balaban J connectivity index is 1.87. The van der Waals surface area contributed by atoms with Crippen molar-refractivity contribution in [2.24, 2.45) is 4.99 Å². The molecule has 0 aliphatic carbocycles. The van der Waals surface area contributed by atoms with Crippen LogP contribution in [0.5, 0.6) is 11.5 Å². The summed E-state index contributed by atoms with van der Waals surface area (Å²) in [7, 11) is 5.09. The Bertz CT molecular complexity index is 804. The molecule has 2 N–H and O–H groups in total. The summed E-state index contributed by atoms with van der Waals surface area (Å²) in [5.41, 5.74) is 3.31. The van der Waals surface area contributed by atoms with Gasteiger partial charge < -0.3 is 24.8 Å². The number of aryl methyl sites for hydroxylation is 1. The molecular formula is C21H33N5O3. The van der Waals surface area contributed by atoms with Crippen LogP contribution in [-0.4, -0.2) is 56.3 Å². The molecule has 0 fully saturated rings. The van der Waals surface area contributed by atoms with Gasteiger partial charge in [0.2, 0.25) is 0 Å². The molecule has 0 saturated heterocycles. The molecule has 2 aromatic rings. The molecule has 1 aromatic heterocycles. The maximum absolute atomic E-state index is 5.98. The van der Waals surface area contributed by atoms with E-state index in [2.05, 4.69) is 27.6 Å². The lowest BCUT2D eigenvalue weighted by atomic mass is 10.2. The summed E-state index contributed by atoms with van der Waals surface area (Å²) in [4.78, 5) is 4.30. The van der Waals surface area contributed by atoms with E-state index in [9.17, 15) is 0 Å². The maximum Gasteiger partial charge on any atom is 0.191 e. The van der Waals surface area contributed by atoms with Crippen LogP contribution in [0.1, 0.15) is 23.9 Å². The van der Waals surface area contributed by atoms with Crippen molar-refractivity contribution in [3.63, 3.8) is 0 Å². The van der Waals surface area contributed by atoms with Crippen LogP contribution in [0.15, 0.2) is 29.3 Å². The van der Waals surface area contributed by atoms with Gasteiger partial charge in [0.15, 0.2) is 17.5 Å². The number of aliphatic imine (C=N–C) groups is 1. The minimum absolute atomic E-state index is 0.0647. The first-order chi connectivity index (χ1) is 14.0. The van der Waals surface area contributed by atoms with Gasteiger partial charge in [-0.3, -0.25) is 9.67 Å². The number of ether oxygens (including phenoxy) is 3. The third-order valence-corrected chi connectivity index (χ3v) is 4.65. The minimum atomic E-state index is -0.0647. The van der Waals surface area contributed by atoms with Crippen molar-refractivity contribution in [3.05, 3.63) is 41.2 Å². The first-order valence-electron chi connectivity index (χ1n) is 9.76. The fourth-order valence-electron chi connectivity index (χ4n) is 2.99. The van der Waals surface area contributed by atoms with E-state index in [4.69, 9.17) is 14.2 Å². The number of hydrogen-bond donors (Lipinski definition) is 2. The molecule has 8 nitrogen and oxygen atoms in total. The minimum Gasteiger partial charge on any atom is -0.493 e. The number of para-hydroxylation sites is 2. The van der Waals surface area contributed by atoms with Crippen molar-refractivity contribution < 1.29 is 14.2 Å². The van der Waals surface area contributed by atoms with E-state index < -0.39 is 0 Å². The van der Waals surface area contributed by atoms with Crippen LogP contribution in [0.25, 0.3) is 0 Å². The zero-order valence-electron chi connectivity index (χ0n) is 18.3. The number of nitrogens with zero attached hydrogens (tertiary/aromatic N) is 3. The van der Waals surface area contributed by atoms with Crippen molar-refractivity contribution in [1.82, 2.24) is 20.4 Å². The highest BCUT2D eigenvalue weighted by Gasteiger charge is 2.13. The van der Waals surface area contributed by atoms with Crippen molar-refractivity contribution >= 4 is 5.96 Å². The molecule has 0 radical (unpaired) electrons. The predicted molar refractivity (Wildman–Crippen MR) is 115 cm³/mol. The van der Waals surface area contributed by atoms with Crippen LogP contribution < -0.4 is 20.1 Å². The molecule has 1 aromatic carbocycles. The lowest BCUT2D eigenvalue weighted by molar-refractivity contribution is 0.182. The monoisotopic (exact) mass is 403 g/mol. The fraction of sp³-hybridized carbons (Fsp3) is 0.524. The number of hydrogen-bond acceptors (Lipinski definition) is 5. The van der Waals surface area contributed by atoms with Gasteiger partial charge in [-0.15, -0.1) is 0 Å². The summed E-state index contributed by atoms with van der Waals surface area (Å²) in [6, 6.07) is 7.63. The first kappa shape index (κ1) is 22.5. The first-order valence-corrected chi connectivity index (χ1v) is 9.76. The molecule has 1 unspecified atom stereocenters. The Labute approximate surface area is 173 Å². The molecule has 160 valence electrons. The highest BCUT2D eigenvalue weighted by Crippen LogP contribution is 2.26. The van der Waals surface area contributed by atoms with Gasteiger partial charge in [0.05, 0.1) is 32.5 Å². The van der Waals surface area contributed by atoms with Gasteiger partial charge >= 0.3 is 0 Å². The number of methoxy groups -OCH3 is 2. The Morgan fingerprint density at radius 2 is 1.90 bits per heavy atom. The lowest BCUT2D eigenvalue weighted by Gasteiger charge is -2.19. The van der Waals surface area contributed by atoms with Gasteiger partial charge in [-0.25, -0.2) is 0 Å². The maximum atomic E-state index is 5.98. The molecular weight excluding hydrogens is 370 g/mol. The van der Waals surface area contributed by atoms with E-state index in [0.29, 0.717) is 25.7 Å². The van der Waals surface area contributed by atoms with Crippen LogP contribution >= 0.6 is 0 Å². The predicted octanol–water partition coefficient (Wildman–Crippen LogP) is 2.29. The Morgan fingerprint density at radius 1 is 1.17 bits per heavy atom. The summed E-state index contributed by atoms with van der Waals surface area (Å²) in [6.45, 7) is 8.73. The molecule has 8 heteroatoms. The number of rotatable bonds is 10. The summed E-state index contributed by atoms with van der Waals surface area (Å²) in [5, 5.41) is 11.2. The molecule has 0 amide bonds. The van der Waals surface area contributed by atoms with Gasteiger partial charge in [0.25, 0.3) is 0 Å². The van der Waals surface area contributed by atoms with E-state index in [-0.39, 0.29) is 6.10 Å². The van der Waals surface area contributed by atoms with Gasteiger partial charge in [0.1, 0.15) is 6.10 Å². The summed E-state index contributed by atoms with van der Waals surface area (Å²) in [5.74, 6) is 2.16. The van der Waals surface area contributed by atoms with Crippen molar-refractivity contribution in [2.45, 2.75) is 40.0 Å².